The molecule has 7 heteroatoms. The molecule has 0 radical (unpaired) electrons. The Morgan fingerprint density at radius 2 is 2.62 bits per heavy atom. The molecular weight excluding hydrogens is 228 g/mol. The van der Waals surface area contributed by atoms with Crippen LogP contribution in [0.3, 0.4) is 0 Å². The van der Waals surface area contributed by atoms with Gasteiger partial charge in [-0.15, -0.1) is 0 Å². The van der Waals surface area contributed by atoms with Crippen LogP contribution in [0.15, 0.2) is 6.33 Å². The highest BCUT2D eigenvalue weighted by Gasteiger charge is 2.22. The van der Waals surface area contributed by atoms with E-state index in [2.05, 4.69) is 10.3 Å². The molecule has 0 spiro atoms. The predicted octanol–water partition coefficient (Wildman–Crippen LogP) is 1.49. The average molecular weight is 242 g/mol. The van der Waals surface area contributed by atoms with Crippen molar-refractivity contribution in [3.8, 4) is 0 Å². The zero-order valence-corrected chi connectivity index (χ0v) is 9.87. The van der Waals surface area contributed by atoms with Crippen molar-refractivity contribution in [1.29, 1.82) is 0 Å². The molecule has 6 nitrogen and oxygen atoms in total. The van der Waals surface area contributed by atoms with Crippen LogP contribution in [0.2, 0.25) is 0 Å². The van der Waals surface area contributed by atoms with Gasteiger partial charge in [-0.25, -0.2) is 0 Å². The number of imidazole rings is 1. The van der Waals surface area contributed by atoms with Crippen molar-refractivity contribution in [2.24, 2.45) is 13.0 Å². The molecule has 0 aromatic carbocycles. The molecule has 88 valence electrons. The number of nitro groups is 1. The summed E-state index contributed by atoms with van der Waals surface area (Å²) in [5.41, 5.74) is 0. The van der Waals surface area contributed by atoms with Crippen molar-refractivity contribution in [3.63, 3.8) is 0 Å². The first-order valence-electron chi connectivity index (χ1n) is 5.16. The highest BCUT2D eigenvalue weighted by atomic mass is 32.2. The van der Waals surface area contributed by atoms with Crippen LogP contribution < -0.4 is 5.32 Å². The predicted molar refractivity (Wildman–Crippen MR) is 63.8 cm³/mol. The lowest BCUT2D eigenvalue weighted by molar-refractivity contribution is -0.388. The maximum Gasteiger partial charge on any atom is 0.406 e. The molecule has 0 aliphatic carbocycles. The summed E-state index contributed by atoms with van der Waals surface area (Å²) in [5, 5.41) is 13.8. The molecule has 0 saturated carbocycles. The minimum Gasteiger partial charge on any atom is -0.364 e. The van der Waals surface area contributed by atoms with E-state index < -0.39 is 4.92 Å². The molecule has 0 bridgehead atoms. The second-order valence-corrected chi connectivity index (χ2v) is 5.05. The zero-order chi connectivity index (χ0) is 11.5. The molecule has 1 fully saturated rings. The second kappa shape index (κ2) is 4.73. The summed E-state index contributed by atoms with van der Waals surface area (Å²) in [7, 11) is 1.76. The number of hydrogen-bond donors (Lipinski definition) is 1. The van der Waals surface area contributed by atoms with Crippen LogP contribution in [-0.2, 0) is 7.05 Å². The summed E-state index contributed by atoms with van der Waals surface area (Å²) in [6.45, 7) is 0.785. The largest absolute Gasteiger partial charge is 0.406 e. The van der Waals surface area contributed by atoms with Gasteiger partial charge in [-0.3, -0.25) is 4.57 Å². The van der Waals surface area contributed by atoms with Gasteiger partial charge in [-0.05, 0) is 33.8 Å². The highest BCUT2D eigenvalue weighted by Crippen LogP contribution is 2.26. The number of aromatic nitrogens is 2. The molecule has 2 heterocycles. The third-order valence-corrected chi connectivity index (χ3v) is 3.90. The lowest BCUT2D eigenvalue weighted by Crippen LogP contribution is -2.15. The Bertz CT molecular complexity index is 387. The summed E-state index contributed by atoms with van der Waals surface area (Å²) in [6.07, 6.45) is 2.65. The SMILES string of the molecule is Cn1cnc([N+](=O)[O-])c1NCC1CCSC1. The number of nitrogens with one attached hydrogen (secondary N) is 1. The van der Waals surface area contributed by atoms with E-state index in [9.17, 15) is 10.1 Å². The van der Waals surface area contributed by atoms with Crippen LogP contribution in [-0.4, -0.2) is 32.5 Å². The number of anilines is 1. The number of hydrogen-bond acceptors (Lipinski definition) is 5. The Balaban J connectivity index is 2.02. The fourth-order valence-electron chi connectivity index (χ4n) is 1.74. The van der Waals surface area contributed by atoms with E-state index in [1.165, 1.54) is 18.5 Å². The molecule has 2 rings (SSSR count). The van der Waals surface area contributed by atoms with Gasteiger partial charge < -0.3 is 15.4 Å². The van der Waals surface area contributed by atoms with Crippen LogP contribution in [0.4, 0.5) is 11.6 Å². The zero-order valence-electron chi connectivity index (χ0n) is 9.05. The van der Waals surface area contributed by atoms with Crippen LogP contribution >= 0.6 is 11.8 Å². The minimum absolute atomic E-state index is 0.0897. The molecule has 1 N–H and O–H groups in total. The van der Waals surface area contributed by atoms with Gasteiger partial charge in [-0.1, -0.05) is 0 Å². The van der Waals surface area contributed by atoms with Gasteiger partial charge in [0.05, 0.1) is 0 Å². The van der Waals surface area contributed by atoms with Gasteiger partial charge in [0.2, 0.25) is 12.1 Å². The number of nitrogens with zero attached hydrogens (tertiary/aromatic N) is 3. The summed E-state index contributed by atoms with van der Waals surface area (Å²) in [5.74, 6) is 3.35. The number of aryl methyl sites for hydroxylation is 1. The van der Waals surface area contributed by atoms with Crippen molar-refractivity contribution < 1.29 is 4.92 Å². The second-order valence-electron chi connectivity index (χ2n) is 3.90. The number of rotatable bonds is 4. The van der Waals surface area contributed by atoms with Gasteiger partial charge in [0.25, 0.3) is 0 Å². The Morgan fingerprint density at radius 1 is 1.81 bits per heavy atom. The first kappa shape index (κ1) is 11.3. The van der Waals surface area contributed by atoms with Crippen LogP contribution in [0, 0.1) is 16.0 Å². The van der Waals surface area contributed by atoms with E-state index in [0.29, 0.717) is 11.7 Å². The minimum atomic E-state index is -0.453. The third-order valence-electron chi connectivity index (χ3n) is 2.67. The average Bonchev–Trinajstić information content (AvgIpc) is 2.84. The van der Waals surface area contributed by atoms with E-state index >= 15 is 0 Å². The lowest BCUT2D eigenvalue weighted by Gasteiger charge is -2.10. The summed E-state index contributed by atoms with van der Waals surface area (Å²) in [6, 6.07) is 0. The summed E-state index contributed by atoms with van der Waals surface area (Å²) in [4.78, 5) is 14.0. The lowest BCUT2D eigenvalue weighted by atomic mass is 10.1. The topological polar surface area (TPSA) is 73.0 Å². The van der Waals surface area contributed by atoms with E-state index in [-0.39, 0.29) is 5.82 Å². The Kier molecular flexibility index (Phi) is 3.33. The molecular formula is C9H14N4O2S. The van der Waals surface area contributed by atoms with Gasteiger partial charge in [0, 0.05) is 13.6 Å². The molecule has 1 unspecified atom stereocenters. The van der Waals surface area contributed by atoms with Crippen LogP contribution in [0.1, 0.15) is 6.42 Å². The van der Waals surface area contributed by atoms with Crippen molar-refractivity contribution in [1.82, 2.24) is 9.55 Å². The van der Waals surface area contributed by atoms with Gasteiger partial charge >= 0.3 is 5.82 Å². The van der Waals surface area contributed by atoms with Gasteiger partial charge in [0.15, 0.2) is 0 Å². The smallest absolute Gasteiger partial charge is 0.364 e. The molecule has 1 aliphatic rings. The summed E-state index contributed by atoms with van der Waals surface area (Å²) < 4.78 is 1.65. The normalized spacial score (nSPS) is 19.9. The Labute approximate surface area is 97.6 Å². The molecule has 1 atom stereocenters. The van der Waals surface area contributed by atoms with E-state index in [1.807, 2.05) is 11.8 Å². The van der Waals surface area contributed by atoms with Crippen molar-refractivity contribution in [2.75, 3.05) is 23.4 Å². The Hall–Kier alpha value is -1.24. The first-order valence-corrected chi connectivity index (χ1v) is 6.31. The third kappa shape index (κ3) is 2.29. The van der Waals surface area contributed by atoms with E-state index in [1.54, 1.807) is 11.6 Å². The van der Waals surface area contributed by atoms with Crippen molar-refractivity contribution in [2.45, 2.75) is 6.42 Å². The molecule has 1 aliphatic heterocycles. The summed E-state index contributed by atoms with van der Waals surface area (Å²) >= 11 is 1.94. The van der Waals surface area contributed by atoms with Crippen LogP contribution in [0.5, 0.6) is 0 Å². The number of thioether (sulfide) groups is 1. The fraction of sp³-hybridized carbons (Fsp3) is 0.667. The van der Waals surface area contributed by atoms with Crippen molar-refractivity contribution in [3.05, 3.63) is 16.4 Å². The first-order chi connectivity index (χ1) is 7.68. The van der Waals surface area contributed by atoms with Gasteiger partial charge in [0.1, 0.15) is 0 Å². The van der Waals surface area contributed by atoms with Crippen molar-refractivity contribution >= 4 is 23.4 Å². The molecule has 0 amide bonds. The standard InChI is InChI=1S/C9H14N4O2S/c1-12-6-11-9(13(14)15)8(12)10-4-7-2-3-16-5-7/h6-7,10H,2-5H2,1H3. The fourth-order valence-corrected chi connectivity index (χ4v) is 3.03. The maximum atomic E-state index is 10.7. The Morgan fingerprint density at radius 3 is 3.25 bits per heavy atom. The van der Waals surface area contributed by atoms with E-state index in [4.69, 9.17) is 0 Å². The molecule has 1 saturated heterocycles. The maximum absolute atomic E-state index is 10.7. The van der Waals surface area contributed by atoms with E-state index in [0.717, 1.165) is 12.3 Å². The highest BCUT2D eigenvalue weighted by molar-refractivity contribution is 7.99. The molecule has 1 aromatic heterocycles. The van der Waals surface area contributed by atoms with Crippen LogP contribution in [0.25, 0.3) is 0 Å². The molecule has 1 aromatic rings. The quantitative estimate of drug-likeness (QED) is 0.639. The van der Waals surface area contributed by atoms with Gasteiger partial charge in [-0.2, -0.15) is 11.8 Å². The molecule has 16 heavy (non-hydrogen) atoms. The monoisotopic (exact) mass is 242 g/mol.